The van der Waals surface area contributed by atoms with E-state index in [4.69, 9.17) is 0 Å². The molecule has 2 amide bonds. The van der Waals surface area contributed by atoms with E-state index >= 15 is 0 Å². The standard InChI is InChI=1S/C21H30N4OS/c1-15(2)17-5-7-18(8-6-17)19(16(3)4)23-20(26)24-10-12-25(13-11-24)21-22-9-14-27-21/h5-9,14-16,19H,10-13H2,1-4H3,(H,23,26). The molecule has 0 radical (unpaired) electrons. The highest BCUT2D eigenvalue weighted by Crippen LogP contribution is 2.25. The van der Waals surface area contributed by atoms with Gasteiger partial charge in [0.15, 0.2) is 5.13 Å². The summed E-state index contributed by atoms with van der Waals surface area (Å²) < 4.78 is 0. The van der Waals surface area contributed by atoms with Crippen LogP contribution < -0.4 is 10.2 Å². The fraction of sp³-hybridized carbons (Fsp3) is 0.524. The zero-order valence-corrected chi connectivity index (χ0v) is 17.5. The first-order chi connectivity index (χ1) is 13.0. The number of hydrogen-bond acceptors (Lipinski definition) is 4. The maximum Gasteiger partial charge on any atom is 0.318 e. The predicted octanol–water partition coefficient (Wildman–Crippen LogP) is 4.50. The number of aromatic nitrogens is 1. The number of piperazine rings is 1. The van der Waals surface area contributed by atoms with Crippen molar-refractivity contribution in [1.82, 2.24) is 15.2 Å². The Balaban J connectivity index is 1.60. The number of thiazole rings is 1. The third-order valence-electron chi connectivity index (χ3n) is 5.16. The molecule has 146 valence electrons. The van der Waals surface area contributed by atoms with Crippen LogP contribution in [0.25, 0.3) is 0 Å². The lowest BCUT2D eigenvalue weighted by atomic mass is 9.93. The van der Waals surface area contributed by atoms with Gasteiger partial charge in [-0.3, -0.25) is 0 Å². The molecule has 1 N–H and O–H groups in total. The molecule has 3 rings (SSSR count). The normalized spacial score (nSPS) is 16.1. The van der Waals surface area contributed by atoms with Crippen LogP contribution in [0.4, 0.5) is 9.93 Å². The number of hydrogen-bond donors (Lipinski definition) is 1. The zero-order chi connectivity index (χ0) is 19.4. The maximum absolute atomic E-state index is 12.8. The van der Waals surface area contributed by atoms with E-state index in [1.807, 2.05) is 16.5 Å². The number of nitrogens with zero attached hydrogens (tertiary/aromatic N) is 3. The molecule has 0 aliphatic carbocycles. The van der Waals surface area contributed by atoms with Crippen molar-refractivity contribution >= 4 is 22.5 Å². The van der Waals surface area contributed by atoms with Crippen LogP contribution in [-0.2, 0) is 0 Å². The van der Waals surface area contributed by atoms with Gasteiger partial charge in [-0.2, -0.15) is 0 Å². The molecule has 27 heavy (non-hydrogen) atoms. The van der Waals surface area contributed by atoms with E-state index in [1.54, 1.807) is 11.3 Å². The Morgan fingerprint density at radius 3 is 2.19 bits per heavy atom. The van der Waals surface area contributed by atoms with Gasteiger partial charge in [-0.05, 0) is 23.0 Å². The van der Waals surface area contributed by atoms with Crippen molar-refractivity contribution in [2.75, 3.05) is 31.1 Å². The number of urea groups is 1. The quantitative estimate of drug-likeness (QED) is 0.823. The van der Waals surface area contributed by atoms with Gasteiger partial charge < -0.3 is 15.1 Å². The Morgan fingerprint density at radius 1 is 1.04 bits per heavy atom. The molecule has 1 fully saturated rings. The smallest absolute Gasteiger partial charge is 0.318 e. The first kappa shape index (κ1) is 19.7. The van der Waals surface area contributed by atoms with Crippen molar-refractivity contribution in [2.24, 2.45) is 5.92 Å². The number of benzene rings is 1. The van der Waals surface area contributed by atoms with E-state index in [0.29, 0.717) is 11.8 Å². The molecule has 1 aliphatic heterocycles. The number of nitrogens with one attached hydrogen (secondary N) is 1. The van der Waals surface area contributed by atoms with E-state index in [9.17, 15) is 4.79 Å². The van der Waals surface area contributed by atoms with Crippen molar-refractivity contribution in [1.29, 1.82) is 0 Å². The Kier molecular flexibility index (Phi) is 6.37. The van der Waals surface area contributed by atoms with Gasteiger partial charge in [0, 0.05) is 37.8 Å². The minimum atomic E-state index is 0.0238. The number of rotatable bonds is 5. The minimum Gasteiger partial charge on any atom is -0.345 e. The molecule has 0 spiro atoms. The van der Waals surface area contributed by atoms with Gasteiger partial charge in [-0.15, -0.1) is 11.3 Å². The van der Waals surface area contributed by atoms with E-state index in [1.165, 1.54) is 11.1 Å². The Bertz CT molecular complexity index is 719. The highest BCUT2D eigenvalue weighted by molar-refractivity contribution is 7.13. The molecular weight excluding hydrogens is 356 g/mol. The summed E-state index contributed by atoms with van der Waals surface area (Å²) in [4.78, 5) is 21.4. The average molecular weight is 387 g/mol. The second-order valence-corrected chi connectivity index (χ2v) is 8.65. The monoisotopic (exact) mass is 386 g/mol. The lowest BCUT2D eigenvalue weighted by Crippen LogP contribution is -2.52. The summed E-state index contributed by atoms with van der Waals surface area (Å²) in [5.41, 5.74) is 2.50. The molecule has 5 nitrogen and oxygen atoms in total. The third kappa shape index (κ3) is 4.80. The lowest BCUT2D eigenvalue weighted by Gasteiger charge is -2.36. The molecule has 2 aromatic rings. The van der Waals surface area contributed by atoms with Crippen LogP contribution >= 0.6 is 11.3 Å². The molecule has 0 saturated carbocycles. The summed E-state index contributed by atoms with van der Waals surface area (Å²) in [6, 6.07) is 8.71. The number of carbonyl (C=O) groups excluding carboxylic acids is 1. The first-order valence-electron chi connectivity index (χ1n) is 9.75. The molecule has 1 unspecified atom stereocenters. The second kappa shape index (κ2) is 8.74. The molecule has 1 aromatic carbocycles. The molecule has 1 saturated heterocycles. The molecule has 6 heteroatoms. The molecular formula is C21H30N4OS. The van der Waals surface area contributed by atoms with Gasteiger partial charge in [0.05, 0.1) is 6.04 Å². The Hall–Kier alpha value is -2.08. The van der Waals surface area contributed by atoms with E-state index in [-0.39, 0.29) is 12.1 Å². The summed E-state index contributed by atoms with van der Waals surface area (Å²) in [6.45, 7) is 11.8. The first-order valence-corrected chi connectivity index (χ1v) is 10.6. The topological polar surface area (TPSA) is 48.5 Å². The Labute approximate surface area is 166 Å². The van der Waals surface area contributed by atoms with Crippen molar-refractivity contribution in [3.8, 4) is 0 Å². The highest BCUT2D eigenvalue weighted by atomic mass is 32.1. The van der Waals surface area contributed by atoms with Crippen molar-refractivity contribution in [2.45, 2.75) is 39.7 Å². The second-order valence-electron chi connectivity index (χ2n) is 7.78. The van der Waals surface area contributed by atoms with Gasteiger partial charge >= 0.3 is 6.03 Å². The van der Waals surface area contributed by atoms with Crippen molar-refractivity contribution in [3.05, 3.63) is 47.0 Å². The zero-order valence-electron chi connectivity index (χ0n) is 16.7. The predicted molar refractivity (Wildman–Crippen MR) is 113 cm³/mol. The number of anilines is 1. The fourth-order valence-corrected chi connectivity index (χ4v) is 4.12. The third-order valence-corrected chi connectivity index (χ3v) is 6.00. The molecule has 1 atom stereocenters. The molecule has 2 heterocycles. The number of carbonyl (C=O) groups is 1. The fourth-order valence-electron chi connectivity index (χ4n) is 3.42. The van der Waals surface area contributed by atoms with Crippen LogP contribution in [-0.4, -0.2) is 42.1 Å². The van der Waals surface area contributed by atoms with E-state index in [2.05, 4.69) is 67.2 Å². The van der Waals surface area contributed by atoms with Crippen LogP contribution in [0.3, 0.4) is 0 Å². The van der Waals surface area contributed by atoms with Crippen molar-refractivity contribution in [3.63, 3.8) is 0 Å². The molecule has 0 bridgehead atoms. The minimum absolute atomic E-state index is 0.0238. The van der Waals surface area contributed by atoms with E-state index in [0.717, 1.165) is 31.3 Å². The van der Waals surface area contributed by atoms with Crippen LogP contribution in [0, 0.1) is 5.92 Å². The largest absolute Gasteiger partial charge is 0.345 e. The molecule has 1 aromatic heterocycles. The van der Waals surface area contributed by atoms with Gasteiger partial charge in [0.25, 0.3) is 0 Å². The highest BCUT2D eigenvalue weighted by Gasteiger charge is 2.25. The van der Waals surface area contributed by atoms with Crippen LogP contribution in [0.5, 0.6) is 0 Å². The SMILES string of the molecule is CC(C)c1ccc(C(NC(=O)N2CCN(c3nccs3)CC2)C(C)C)cc1. The average Bonchev–Trinajstić information content (AvgIpc) is 3.20. The van der Waals surface area contributed by atoms with Crippen LogP contribution in [0.2, 0.25) is 0 Å². The summed E-state index contributed by atoms with van der Waals surface area (Å²) in [5.74, 6) is 0.843. The van der Waals surface area contributed by atoms with E-state index < -0.39 is 0 Å². The number of amides is 2. The summed E-state index contributed by atoms with van der Waals surface area (Å²) in [6.07, 6.45) is 1.83. The van der Waals surface area contributed by atoms with Gasteiger partial charge in [-0.25, -0.2) is 9.78 Å². The van der Waals surface area contributed by atoms with Gasteiger partial charge in [-0.1, -0.05) is 52.0 Å². The van der Waals surface area contributed by atoms with Gasteiger partial charge in [0.1, 0.15) is 0 Å². The summed E-state index contributed by atoms with van der Waals surface area (Å²) >= 11 is 1.65. The van der Waals surface area contributed by atoms with Crippen molar-refractivity contribution < 1.29 is 4.79 Å². The van der Waals surface area contributed by atoms with Crippen LogP contribution in [0.15, 0.2) is 35.8 Å². The summed E-state index contributed by atoms with van der Waals surface area (Å²) in [5, 5.41) is 6.29. The maximum atomic E-state index is 12.8. The Morgan fingerprint density at radius 2 is 1.67 bits per heavy atom. The molecule has 1 aliphatic rings. The van der Waals surface area contributed by atoms with Gasteiger partial charge in [0.2, 0.25) is 0 Å². The van der Waals surface area contributed by atoms with Crippen LogP contribution in [0.1, 0.15) is 50.8 Å². The lowest BCUT2D eigenvalue weighted by molar-refractivity contribution is 0.186. The summed E-state index contributed by atoms with van der Waals surface area (Å²) in [7, 11) is 0.